The predicted octanol–water partition coefficient (Wildman–Crippen LogP) is 3.99. The van der Waals surface area contributed by atoms with Crippen molar-refractivity contribution in [2.24, 2.45) is 0 Å². The first-order valence-corrected chi connectivity index (χ1v) is 7.26. The summed E-state index contributed by atoms with van der Waals surface area (Å²) in [5.41, 5.74) is 1.71. The second-order valence-corrected chi connectivity index (χ2v) is 4.92. The van der Waals surface area contributed by atoms with Gasteiger partial charge in [-0.1, -0.05) is 26.0 Å². The Balaban J connectivity index is 2.63. The summed E-state index contributed by atoms with van der Waals surface area (Å²) in [4.78, 5) is 0. The van der Waals surface area contributed by atoms with Crippen LogP contribution in [0.5, 0.6) is 0 Å². The Hall–Kier alpha value is -0.930. The summed E-state index contributed by atoms with van der Waals surface area (Å²) in [6.45, 7) is 8.47. The van der Waals surface area contributed by atoms with E-state index in [1.807, 2.05) is 12.1 Å². The quantitative estimate of drug-likeness (QED) is 0.683. The monoisotopic (exact) mass is 267 g/mol. The summed E-state index contributed by atoms with van der Waals surface area (Å²) in [7, 11) is 0. The van der Waals surface area contributed by atoms with Crippen molar-refractivity contribution in [3.8, 4) is 0 Å². The maximum atomic E-state index is 13.6. The van der Waals surface area contributed by atoms with Gasteiger partial charge in [-0.15, -0.1) is 0 Å². The highest BCUT2D eigenvalue weighted by Gasteiger charge is 2.12. The van der Waals surface area contributed by atoms with E-state index in [0.717, 1.165) is 38.0 Å². The second kappa shape index (κ2) is 9.05. The van der Waals surface area contributed by atoms with Crippen molar-refractivity contribution in [1.82, 2.24) is 5.32 Å². The van der Waals surface area contributed by atoms with Gasteiger partial charge in [0.25, 0.3) is 0 Å². The van der Waals surface area contributed by atoms with Crippen molar-refractivity contribution >= 4 is 0 Å². The molecule has 1 aromatic rings. The van der Waals surface area contributed by atoms with Crippen LogP contribution in [-0.2, 0) is 4.74 Å². The van der Waals surface area contributed by atoms with Gasteiger partial charge >= 0.3 is 0 Å². The average molecular weight is 267 g/mol. The highest BCUT2D eigenvalue weighted by molar-refractivity contribution is 5.25. The van der Waals surface area contributed by atoms with Gasteiger partial charge < -0.3 is 10.1 Å². The first-order valence-electron chi connectivity index (χ1n) is 7.26. The molecule has 0 bridgehead atoms. The number of aryl methyl sites for hydroxylation is 1. The Kier molecular flexibility index (Phi) is 7.68. The maximum absolute atomic E-state index is 13.6. The summed E-state index contributed by atoms with van der Waals surface area (Å²) in [5.74, 6) is -0.129. The number of hydrogen-bond donors (Lipinski definition) is 1. The van der Waals surface area contributed by atoms with Crippen LogP contribution in [-0.4, -0.2) is 19.8 Å². The van der Waals surface area contributed by atoms with E-state index in [1.165, 1.54) is 0 Å². The van der Waals surface area contributed by atoms with Gasteiger partial charge in [-0.2, -0.15) is 0 Å². The van der Waals surface area contributed by atoms with Gasteiger partial charge in [-0.3, -0.25) is 0 Å². The van der Waals surface area contributed by atoms with E-state index >= 15 is 0 Å². The highest BCUT2D eigenvalue weighted by Crippen LogP contribution is 2.19. The van der Waals surface area contributed by atoms with Gasteiger partial charge in [0.2, 0.25) is 0 Å². The topological polar surface area (TPSA) is 21.3 Å². The Bertz CT molecular complexity index is 368. The first kappa shape index (κ1) is 16.1. The van der Waals surface area contributed by atoms with E-state index in [-0.39, 0.29) is 11.9 Å². The van der Waals surface area contributed by atoms with Crippen molar-refractivity contribution in [3.05, 3.63) is 35.1 Å². The molecule has 19 heavy (non-hydrogen) atoms. The fraction of sp³-hybridized carbons (Fsp3) is 0.625. The Labute approximate surface area is 116 Å². The lowest BCUT2D eigenvalue weighted by Gasteiger charge is -2.19. The fourth-order valence-electron chi connectivity index (χ4n) is 1.98. The minimum absolute atomic E-state index is 0.129. The molecule has 0 amide bonds. The van der Waals surface area contributed by atoms with Crippen molar-refractivity contribution in [2.45, 2.75) is 46.1 Å². The van der Waals surface area contributed by atoms with Gasteiger partial charge in [-0.25, -0.2) is 4.39 Å². The fourth-order valence-corrected chi connectivity index (χ4v) is 1.98. The molecule has 0 aliphatic heterocycles. The smallest absolute Gasteiger partial charge is 0.126 e. The summed E-state index contributed by atoms with van der Waals surface area (Å²) < 4.78 is 19.2. The predicted molar refractivity (Wildman–Crippen MR) is 77.9 cm³/mol. The lowest BCUT2D eigenvalue weighted by atomic mass is 10.0. The molecular weight excluding hydrogens is 241 g/mol. The molecular formula is C16H26FNO. The van der Waals surface area contributed by atoms with Crippen LogP contribution in [0.15, 0.2) is 18.2 Å². The van der Waals surface area contributed by atoms with Crippen molar-refractivity contribution in [3.63, 3.8) is 0 Å². The molecule has 1 unspecified atom stereocenters. The zero-order valence-corrected chi connectivity index (χ0v) is 12.3. The van der Waals surface area contributed by atoms with Crippen molar-refractivity contribution in [2.75, 3.05) is 19.8 Å². The molecule has 0 spiro atoms. The van der Waals surface area contributed by atoms with E-state index in [2.05, 4.69) is 19.2 Å². The molecule has 1 aromatic carbocycles. The van der Waals surface area contributed by atoms with Crippen LogP contribution < -0.4 is 5.32 Å². The Morgan fingerprint density at radius 3 is 2.63 bits per heavy atom. The molecule has 0 aliphatic carbocycles. The van der Waals surface area contributed by atoms with Crippen LogP contribution in [0.4, 0.5) is 4.39 Å². The molecule has 1 rings (SSSR count). The molecule has 1 atom stereocenters. The lowest BCUT2D eigenvalue weighted by Crippen LogP contribution is -2.23. The molecule has 3 heteroatoms. The van der Waals surface area contributed by atoms with Gasteiger partial charge in [0.05, 0.1) is 0 Å². The minimum atomic E-state index is -0.129. The number of rotatable bonds is 9. The van der Waals surface area contributed by atoms with Gasteiger partial charge in [-0.05, 0) is 49.9 Å². The number of hydrogen-bond acceptors (Lipinski definition) is 2. The lowest BCUT2D eigenvalue weighted by molar-refractivity contribution is 0.124. The Morgan fingerprint density at radius 1 is 1.21 bits per heavy atom. The molecule has 0 saturated carbocycles. The first-order chi connectivity index (χ1) is 9.19. The minimum Gasteiger partial charge on any atom is -0.381 e. The van der Waals surface area contributed by atoms with Gasteiger partial charge in [0.15, 0.2) is 0 Å². The molecule has 0 aliphatic rings. The third kappa shape index (κ3) is 5.70. The van der Waals surface area contributed by atoms with Crippen LogP contribution >= 0.6 is 0 Å². The third-order valence-corrected chi connectivity index (χ3v) is 3.14. The molecule has 0 saturated heterocycles. The molecule has 108 valence electrons. The van der Waals surface area contributed by atoms with E-state index in [9.17, 15) is 4.39 Å². The number of benzene rings is 1. The number of ether oxygens (including phenoxy) is 1. The SMILES string of the molecule is CCCNC(CCOCCC)c1ccc(C)c(F)c1. The molecule has 0 aromatic heterocycles. The summed E-state index contributed by atoms with van der Waals surface area (Å²) in [6, 6.07) is 5.67. The summed E-state index contributed by atoms with van der Waals surface area (Å²) in [5, 5.41) is 3.46. The normalized spacial score (nSPS) is 12.6. The zero-order chi connectivity index (χ0) is 14.1. The molecule has 0 radical (unpaired) electrons. The number of nitrogens with one attached hydrogen (secondary N) is 1. The highest BCUT2D eigenvalue weighted by atomic mass is 19.1. The third-order valence-electron chi connectivity index (χ3n) is 3.14. The van der Waals surface area contributed by atoms with Crippen LogP contribution in [0, 0.1) is 12.7 Å². The van der Waals surface area contributed by atoms with Crippen molar-refractivity contribution in [1.29, 1.82) is 0 Å². The standard InChI is InChI=1S/C16H26FNO/c1-4-9-18-16(8-11-19-10-5-2)14-7-6-13(3)15(17)12-14/h6-7,12,16,18H,4-5,8-11H2,1-3H3. The molecule has 0 heterocycles. The van der Waals surface area contributed by atoms with E-state index in [4.69, 9.17) is 4.74 Å². The summed E-state index contributed by atoms with van der Waals surface area (Å²) >= 11 is 0. The molecule has 0 fully saturated rings. The summed E-state index contributed by atoms with van der Waals surface area (Å²) in [6.07, 6.45) is 2.98. The van der Waals surface area contributed by atoms with E-state index in [1.54, 1.807) is 13.0 Å². The van der Waals surface area contributed by atoms with Gasteiger partial charge in [0.1, 0.15) is 5.82 Å². The molecule has 1 N–H and O–H groups in total. The van der Waals surface area contributed by atoms with Crippen LogP contribution in [0.1, 0.15) is 50.3 Å². The Morgan fingerprint density at radius 2 is 2.00 bits per heavy atom. The van der Waals surface area contributed by atoms with Crippen LogP contribution in [0.25, 0.3) is 0 Å². The van der Waals surface area contributed by atoms with Crippen LogP contribution in [0.2, 0.25) is 0 Å². The number of halogens is 1. The van der Waals surface area contributed by atoms with Gasteiger partial charge in [0, 0.05) is 19.3 Å². The maximum Gasteiger partial charge on any atom is 0.126 e. The largest absolute Gasteiger partial charge is 0.381 e. The molecule has 2 nitrogen and oxygen atoms in total. The second-order valence-electron chi connectivity index (χ2n) is 4.92. The van der Waals surface area contributed by atoms with Crippen molar-refractivity contribution < 1.29 is 9.13 Å². The van der Waals surface area contributed by atoms with E-state index < -0.39 is 0 Å². The zero-order valence-electron chi connectivity index (χ0n) is 12.3. The average Bonchev–Trinajstić information content (AvgIpc) is 2.41. The van der Waals surface area contributed by atoms with Crippen LogP contribution in [0.3, 0.4) is 0 Å². The van der Waals surface area contributed by atoms with E-state index in [0.29, 0.717) is 12.2 Å².